The van der Waals surface area contributed by atoms with E-state index in [-0.39, 0.29) is 23.1 Å². The number of rotatable bonds is 5. The molecular formula is C24H22F4N6O2S. The van der Waals surface area contributed by atoms with Crippen molar-refractivity contribution in [1.82, 2.24) is 19.7 Å². The molecule has 2 aromatic carbocycles. The standard InChI is InChI=1S/C24H22F4N6O2S/c1-13-10-15(24(26,27)28)7-9-19(13)37(35,36)33-18-8-6-14(11-17(18)25)21-20-22(29)30-12-31-23(20)34(32-21)16-4-2-3-5-16/h6-12,16,33H,2-5H2,1H3,(H2,29,30,31). The zero-order valence-corrected chi connectivity index (χ0v) is 20.4. The van der Waals surface area contributed by atoms with E-state index < -0.39 is 32.5 Å². The van der Waals surface area contributed by atoms with Crippen molar-refractivity contribution in [3.8, 4) is 11.3 Å². The third-order valence-electron chi connectivity index (χ3n) is 6.47. The average molecular weight is 535 g/mol. The third kappa shape index (κ3) is 4.59. The van der Waals surface area contributed by atoms with E-state index in [4.69, 9.17) is 5.73 Å². The van der Waals surface area contributed by atoms with Crippen LogP contribution in [0.4, 0.5) is 29.1 Å². The minimum atomic E-state index is -4.62. The molecule has 4 aromatic rings. The second kappa shape index (κ2) is 8.98. The lowest BCUT2D eigenvalue weighted by atomic mass is 10.1. The summed E-state index contributed by atoms with van der Waals surface area (Å²) in [5.74, 6) is -0.711. The summed E-state index contributed by atoms with van der Waals surface area (Å²) in [4.78, 5) is 7.99. The molecule has 0 bridgehead atoms. The zero-order valence-electron chi connectivity index (χ0n) is 19.6. The number of sulfonamides is 1. The number of benzene rings is 2. The number of nitrogen functional groups attached to an aromatic ring is 1. The Labute approximate surface area is 209 Å². The Balaban J connectivity index is 1.50. The summed E-state index contributed by atoms with van der Waals surface area (Å²) in [6, 6.07) is 6.19. The first-order valence-electron chi connectivity index (χ1n) is 11.4. The summed E-state index contributed by atoms with van der Waals surface area (Å²) in [7, 11) is -4.37. The van der Waals surface area contributed by atoms with Gasteiger partial charge in [0.25, 0.3) is 10.0 Å². The summed E-state index contributed by atoms with van der Waals surface area (Å²) in [5, 5.41) is 5.15. The zero-order chi connectivity index (χ0) is 26.5. The number of aryl methyl sites for hydroxylation is 1. The fourth-order valence-corrected chi connectivity index (χ4v) is 5.97. The maximum atomic E-state index is 15.1. The van der Waals surface area contributed by atoms with Crippen LogP contribution in [0.2, 0.25) is 0 Å². The molecule has 0 atom stereocenters. The van der Waals surface area contributed by atoms with E-state index in [9.17, 15) is 21.6 Å². The molecule has 1 saturated carbocycles. The van der Waals surface area contributed by atoms with Gasteiger partial charge in [-0.1, -0.05) is 18.9 Å². The number of alkyl halides is 3. The number of nitrogens with one attached hydrogen (secondary N) is 1. The predicted molar refractivity (Wildman–Crippen MR) is 130 cm³/mol. The van der Waals surface area contributed by atoms with Crippen molar-refractivity contribution in [3.05, 3.63) is 59.7 Å². The Bertz CT molecular complexity index is 1610. The number of halogens is 4. The lowest BCUT2D eigenvalue weighted by molar-refractivity contribution is -0.137. The van der Waals surface area contributed by atoms with Crippen molar-refractivity contribution in [2.45, 2.75) is 49.7 Å². The van der Waals surface area contributed by atoms with E-state index in [0.717, 1.165) is 43.9 Å². The van der Waals surface area contributed by atoms with Gasteiger partial charge in [-0.15, -0.1) is 0 Å². The maximum Gasteiger partial charge on any atom is 0.416 e. The number of nitrogens with zero attached hydrogens (tertiary/aromatic N) is 4. The van der Waals surface area contributed by atoms with E-state index in [2.05, 4.69) is 19.8 Å². The van der Waals surface area contributed by atoms with Gasteiger partial charge in [0.05, 0.1) is 27.6 Å². The lowest BCUT2D eigenvalue weighted by Crippen LogP contribution is -2.16. The van der Waals surface area contributed by atoms with E-state index in [0.29, 0.717) is 28.4 Å². The molecular weight excluding hydrogens is 512 g/mol. The minimum Gasteiger partial charge on any atom is -0.383 e. The fourth-order valence-electron chi connectivity index (χ4n) is 4.67. The van der Waals surface area contributed by atoms with Crippen molar-refractivity contribution >= 4 is 32.6 Å². The van der Waals surface area contributed by atoms with Gasteiger partial charge in [0, 0.05) is 5.56 Å². The predicted octanol–water partition coefficient (Wildman–Crippen LogP) is 5.46. The van der Waals surface area contributed by atoms with Gasteiger partial charge in [0.15, 0.2) is 5.65 Å². The molecule has 3 N–H and O–H groups in total. The highest BCUT2D eigenvalue weighted by molar-refractivity contribution is 7.92. The second-order valence-corrected chi connectivity index (χ2v) is 10.6. The fraction of sp³-hybridized carbons (Fsp3) is 0.292. The number of hydrogen-bond acceptors (Lipinski definition) is 6. The highest BCUT2D eigenvalue weighted by Crippen LogP contribution is 2.37. The Hall–Kier alpha value is -3.74. The summed E-state index contributed by atoms with van der Waals surface area (Å²) < 4.78 is 83.6. The Morgan fingerprint density at radius 3 is 2.46 bits per heavy atom. The van der Waals surface area contributed by atoms with Crippen molar-refractivity contribution in [2.24, 2.45) is 0 Å². The van der Waals surface area contributed by atoms with Gasteiger partial charge in [0.2, 0.25) is 0 Å². The van der Waals surface area contributed by atoms with Gasteiger partial charge in [-0.25, -0.2) is 27.5 Å². The van der Waals surface area contributed by atoms with Crippen molar-refractivity contribution < 1.29 is 26.0 Å². The molecule has 0 unspecified atom stereocenters. The van der Waals surface area contributed by atoms with Gasteiger partial charge < -0.3 is 5.73 Å². The Morgan fingerprint density at radius 2 is 1.81 bits per heavy atom. The van der Waals surface area contributed by atoms with Gasteiger partial charge in [-0.3, -0.25) is 4.72 Å². The molecule has 1 aliphatic rings. The molecule has 8 nitrogen and oxygen atoms in total. The normalized spacial score (nSPS) is 14.9. The van der Waals surface area contributed by atoms with Gasteiger partial charge >= 0.3 is 6.18 Å². The van der Waals surface area contributed by atoms with Crippen molar-refractivity contribution in [2.75, 3.05) is 10.5 Å². The average Bonchev–Trinajstić information content (AvgIpc) is 3.48. The van der Waals surface area contributed by atoms with Gasteiger partial charge in [0.1, 0.15) is 23.7 Å². The molecule has 194 valence electrons. The van der Waals surface area contributed by atoms with Crippen LogP contribution < -0.4 is 10.5 Å². The summed E-state index contributed by atoms with van der Waals surface area (Å²) in [6.45, 7) is 1.24. The lowest BCUT2D eigenvalue weighted by Gasteiger charge is -2.14. The SMILES string of the molecule is Cc1cc(C(F)(F)F)ccc1S(=O)(=O)Nc1ccc(-c2nn(C3CCCC3)c3ncnc(N)c23)cc1F. The topological polar surface area (TPSA) is 116 Å². The summed E-state index contributed by atoms with van der Waals surface area (Å²) >= 11 is 0. The highest BCUT2D eigenvalue weighted by atomic mass is 32.2. The van der Waals surface area contributed by atoms with Crippen LogP contribution in [0, 0.1) is 12.7 Å². The monoisotopic (exact) mass is 534 g/mol. The van der Waals surface area contributed by atoms with Crippen LogP contribution in [0.5, 0.6) is 0 Å². The van der Waals surface area contributed by atoms with Crippen LogP contribution in [0.1, 0.15) is 42.9 Å². The Kier molecular flexibility index (Phi) is 6.05. The molecule has 0 aliphatic heterocycles. The molecule has 13 heteroatoms. The number of hydrogen-bond donors (Lipinski definition) is 2. The minimum absolute atomic E-state index is 0.126. The third-order valence-corrected chi connectivity index (χ3v) is 7.99. The number of aromatic nitrogens is 4. The quantitative estimate of drug-likeness (QED) is 0.329. The van der Waals surface area contributed by atoms with Crippen LogP contribution >= 0.6 is 0 Å². The van der Waals surface area contributed by atoms with Crippen molar-refractivity contribution in [1.29, 1.82) is 0 Å². The Morgan fingerprint density at radius 1 is 1.08 bits per heavy atom. The smallest absolute Gasteiger partial charge is 0.383 e. The first-order valence-corrected chi connectivity index (χ1v) is 12.9. The van der Waals surface area contributed by atoms with Gasteiger partial charge in [-0.05, 0) is 55.7 Å². The molecule has 0 saturated heterocycles. The second-order valence-electron chi connectivity index (χ2n) is 8.97. The van der Waals surface area contributed by atoms with E-state index >= 15 is 4.39 Å². The van der Waals surface area contributed by atoms with Crippen molar-refractivity contribution in [3.63, 3.8) is 0 Å². The first-order chi connectivity index (χ1) is 17.5. The molecule has 2 aromatic heterocycles. The molecule has 1 fully saturated rings. The molecule has 5 rings (SSSR count). The summed E-state index contributed by atoms with van der Waals surface area (Å²) in [5.41, 5.74) is 5.89. The molecule has 0 amide bonds. The summed E-state index contributed by atoms with van der Waals surface area (Å²) in [6.07, 6.45) is 0.701. The molecule has 1 aliphatic carbocycles. The van der Waals surface area contributed by atoms with Crippen LogP contribution in [0.15, 0.2) is 47.6 Å². The van der Waals surface area contributed by atoms with Gasteiger partial charge in [-0.2, -0.15) is 18.3 Å². The van der Waals surface area contributed by atoms with Crippen LogP contribution in [-0.2, 0) is 16.2 Å². The molecule has 0 radical (unpaired) electrons. The first kappa shape index (κ1) is 24.9. The van der Waals surface area contributed by atoms with Crippen LogP contribution in [-0.4, -0.2) is 28.2 Å². The number of nitrogens with two attached hydrogens (primary N) is 1. The van der Waals surface area contributed by atoms with Crippen LogP contribution in [0.3, 0.4) is 0 Å². The van der Waals surface area contributed by atoms with E-state index in [1.54, 1.807) is 4.68 Å². The molecule has 37 heavy (non-hydrogen) atoms. The highest BCUT2D eigenvalue weighted by Gasteiger charge is 2.32. The molecule has 2 heterocycles. The maximum absolute atomic E-state index is 15.1. The van der Waals surface area contributed by atoms with Crippen LogP contribution in [0.25, 0.3) is 22.3 Å². The van der Waals surface area contributed by atoms with E-state index in [1.165, 1.54) is 25.4 Å². The van der Waals surface area contributed by atoms with E-state index in [1.807, 2.05) is 0 Å². The number of anilines is 2. The largest absolute Gasteiger partial charge is 0.416 e. The number of fused-ring (bicyclic) bond motifs is 1. The molecule has 0 spiro atoms.